The number of allylic oxidation sites excluding steroid dienone is 1. The van der Waals surface area contributed by atoms with Crippen molar-refractivity contribution >= 4 is 50.6 Å². The molecule has 4 rings (SSSR count). The van der Waals surface area contributed by atoms with Gasteiger partial charge in [-0.2, -0.15) is 0 Å². The van der Waals surface area contributed by atoms with E-state index in [-0.39, 0.29) is 11.7 Å². The summed E-state index contributed by atoms with van der Waals surface area (Å²) in [5.74, 6) is 0.761. The van der Waals surface area contributed by atoms with Crippen LogP contribution in [0.4, 0.5) is 11.4 Å². The number of thioether (sulfide) groups is 1. The van der Waals surface area contributed by atoms with E-state index in [9.17, 15) is 4.79 Å². The second kappa shape index (κ2) is 8.91. The number of nitrogens with two attached hydrogens (primary N) is 1. The number of hydrogen-bond donors (Lipinski definition) is 2. The number of benzene rings is 1. The van der Waals surface area contributed by atoms with Crippen LogP contribution in [0.3, 0.4) is 0 Å². The largest absolute Gasteiger partial charge is 0.397 e. The number of rotatable bonds is 7. The summed E-state index contributed by atoms with van der Waals surface area (Å²) in [4.78, 5) is 18.5. The van der Waals surface area contributed by atoms with Crippen LogP contribution in [-0.4, -0.2) is 31.4 Å². The number of carbonyl (C=O) groups is 1. The van der Waals surface area contributed by atoms with Gasteiger partial charge in [0.05, 0.1) is 16.3 Å². The number of nitrogens with one attached hydrogen (secondary N) is 1. The monoisotopic (exact) mass is 450 g/mol. The molecule has 0 atom stereocenters. The van der Waals surface area contributed by atoms with Crippen LogP contribution >= 0.6 is 23.1 Å². The zero-order chi connectivity index (χ0) is 22.0. The SMILES string of the molecule is C=CCn1c(SCC(=O)Nc2ccc(C)c(C)c2)nnc1-c1sc2ncccc2c1N. The number of thiophene rings is 1. The number of hydrogen-bond acceptors (Lipinski definition) is 7. The maximum Gasteiger partial charge on any atom is 0.234 e. The lowest BCUT2D eigenvalue weighted by Crippen LogP contribution is -2.14. The Morgan fingerprint density at radius 2 is 2.13 bits per heavy atom. The van der Waals surface area contributed by atoms with E-state index in [1.165, 1.54) is 28.7 Å². The summed E-state index contributed by atoms with van der Waals surface area (Å²) in [6.07, 6.45) is 3.51. The molecule has 7 nitrogen and oxygen atoms in total. The minimum absolute atomic E-state index is 0.103. The molecule has 0 aliphatic heterocycles. The fraction of sp³-hybridized carbons (Fsp3) is 0.182. The van der Waals surface area contributed by atoms with Gasteiger partial charge in [-0.3, -0.25) is 9.36 Å². The van der Waals surface area contributed by atoms with Crippen molar-refractivity contribution in [1.82, 2.24) is 19.7 Å². The average Bonchev–Trinajstić information content (AvgIpc) is 3.30. The third-order valence-corrected chi connectivity index (χ3v) is 6.95. The summed E-state index contributed by atoms with van der Waals surface area (Å²) < 4.78 is 1.92. The molecule has 31 heavy (non-hydrogen) atoms. The van der Waals surface area contributed by atoms with Crippen LogP contribution in [0.15, 0.2) is 54.3 Å². The lowest BCUT2D eigenvalue weighted by Gasteiger charge is -2.09. The first-order valence-corrected chi connectivity index (χ1v) is 11.5. The molecular weight excluding hydrogens is 428 g/mol. The van der Waals surface area contributed by atoms with Crippen molar-refractivity contribution in [2.75, 3.05) is 16.8 Å². The fourth-order valence-corrected chi connectivity index (χ4v) is 4.93. The highest BCUT2D eigenvalue weighted by molar-refractivity contribution is 7.99. The highest BCUT2D eigenvalue weighted by Gasteiger charge is 2.20. The molecule has 0 bridgehead atoms. The van der Waals surface area contributed by atoms with E-state index in [0.29, 0.717) is 23.2 Å². The maximum atomic E-state index is 12.5. The van der Waals surface area contributed by atoms with Crippen molar-refractivity contribution < 1.29 is 4.79 Å². The zero-order valence-electron chi connectivity index (χ0n) is 17.3. The number of aryl methyl sites for hydroxylation is 2. The van der Waals surface area contributed by atoms with E-state index in [1.54, 1.807) is 12.3 Å². The second-order valence-electron chi connectivity index (χ2n) is 7.04. The summed E-state index contributed by atoms with van der Waals surface area (Å²) in [5.41, 5.74) is 10.1. The molecule has 0 unspecified atom stereocenters. The Labute approximate surface area is 188 Å². The van der Waals surface area contributed by atoms with E-state index >= 15 is 0 Å². The van der Waals surface area contributed by atoms with Gasteiger partial charge in [0.15, 0.2) is 11.0 Å². The topological polar surface area (TPSA) is 98.7 Å². The van der Waals surface area contributed by atoms with Crippen LogP contribution < -0.4 is 11.1 Å². The highest BCUT2D eigenvalue weighted by Crippen LogP contribution is 2.39. The lowest BCUT2D eigenvalue weighted by atomic mass is 10.1. The minimum atomic E-state index is -0.103. The molecule has 3 aromatic heterocycles. The summed E-state index contributed by atoms with van der Waals surface area (Å²) >= 11 is 2.80. The van der Waals surface area contributed by atoms with Gasteiger partial charge in [-0.1, -0.05) is 23.9 Å². The number of anilines is 2. The third-order valence-electron chi connectivity index (χ3n) is 4.86. The molecule has 0 radical (unpaired) electrons. The van der Waals surface area contributed by atoms with Gasteiger partial charge in [-0.05, 0) is 49.2 Å². The Kier molecular flexibility index (Phi) is 6.06. The van der Waals surface area contributed by atoms with Crippen molar-refractivity contribution in [3.8, 4) is 10.7 Å². The molecule has 4 aromatic rings. The maximum absolute atomic E-state index is 12.5. The quantitative estimate of drug-likeness (QED) is 0.314. The van der Waals surface area contributed by atoms with E-state index in [1.807, 2.05) is 48.7 Å². The Bertz CT molecular complexity index is 1280. The molecule has 1 aromatic carbocycles. The number of nitrogen functional groups attached to an aromatic ring is 1. The van der Waals surface area contributed by atoms with Crippen LogP contribution in [0.5, 0.6) is 0 Å². The van der Waals surface area contributed by atoms with Gasteiger partial charge in [0.1, 0.15) is 4.83 Å². The number of fused-ring (bicyclic) bond motifs is 1. The molecule has 158 valence electrons. The average molecular weight is 451 g/mol. The van der Waals surface area contributed by atoms with Crippen LogP contribution in [-0.2, 0) is 11.3 Å². The van der Waals surface area contributed by atoms with E-state index in [2.05, 4.69) is 27.1 Å². The van der Waals surface area contributed by atoms with Crippen molar-refractivity contribution in [3.63, 3.8) is 0 Å². The van der Waals surface area contributed by atoms with Gasteiger partial charge in [0.25, 0.3) is 0 Å². The standard InChI is InChI=1S/C22H22N6OS2/c1-4-10-28-20(19-18(23)16-6-5-9-24-21(16)31-19)26-27-22(28)30-12-17(29)25-15-8-7-13(2)14(3)11-15/h4-9,11H,1,10,12,23H2,2-3H3,(H,25,29). The molecule has 0 aliphatic carbocycles. The molecule has 1 amide bonds. The van der Waals surface area contributed by atoms with Gasteiger partial charge in [0.2, 0.25) is 5.91 Å². The molecule has 0 saturated carbocycles. The molecule has 3 heterocycles. The Morgan fingerprint density at radius 1 is 1.29 bits per heavy atom. The Morgan fingerprint density at radius 3 is 2.87 bits per heavy atom. The van der Waals surface area contributed by atoms with Crippen LogP contribution in [0.25, 0.3) is 20.9 Å². The smallest absolute Gasteiger partial charge is 0.234 e. The summed E-state index contributed by atoms with van der Waals surface area (Å²) in [7, 11) is 0. The first kappa shape index (κ1) is 21.1. The van der Waals surface area contributed by atoms with Gasteiger partial charge >= 0.3 is 0 Å². The number of pyridine rings is 1. The van der Waals surface area contributed by atoms with Gasteiger partial charge in [0, 0.05) is 23.8 Å². The third kappa shape index (κ3) is 4.33. The minimum Gasteiger partial charge on any atom is -0.397 e. The van der Waals surface area contributed by atoms with Crippen LogP contribution in [0, 0.1) is 13.8 Å². The second-order valence-corrected chi connectivity index (χ2v) is 8.98. The van der Waals surface area contributed by atoms with E-state index in [0.717, 1.165) is 26.3 Å². The normalized spacial score (nSPS) is 11.0. The zero-order valence-corrected chi connectivity index (χ0v) is 18.9. The van der Waals surface area contributed by atoms with Crippen molar-refractivity contribution in [2.24, 2.45) is 0 Å². The summed E-state index contributed by atoms with van der Waals surface area (Å²) in [5, 5.41) is 13.1. The number of carbonyl (C=O) groups excluding carboxylic acids is 1. The van der Waals surface area contributed by atoms with Gasteiger partial charge in [-0.25, -0.2) is 4.98 Å². The van der Waals surface area contributed by atoms with Gasteiger partial charge in [-0.15, -0.1) is 28.1 Å². The highest BCUT2D eigenvalue weighted by atomic mass is 32.2. The molecule has 0 fully saturated rings. The summed E-state index contributed by atoms with van der Waals surface area (Å²) in [6, 6.07) is 9.67. The number of aromatic nitrogens is 4. The van der Waals surface area contributed by atoms with Crippen LogP contribution in [0.1, 0.15) is 11.1 Å². The van der Waals surface area contributed by atoms with Crippen molar-refractivity contribution in [1.29, 1.82) is 0 Å². The fourth-order valence-electron chi connectivity index (χ4n) is 3.12. The van der Waals surface area contributed by atoms with Gasteiger partial charge < -0.3 is 11.1 Å². The predicted molar refractivity (Wildman–Crippen MR) is 129 cm³/mol. The van der Waals surface area contributed by atoms with Crippen LogP contribution in [0.2, 0.25) is 0 Å². The van der Waals surface area contributed by atoms with E-state index < -0.39 is 0 Å². The number of nitrogens with zero attached hydrogens (tertiary/aromatic N) is 4. The molecule has 3 N–H and O–H groups in total. The molecule has 0 spiro atoms. The van der Waals surface area contributed by atoms with E-state index in [4.69, 9.17) is 5.73 Å². The lowest BCUT2D eigenvalue weighted by molar-refractivity contribution is -0.113. The molecule has 9 heteroatoms. The van der Waals surface area contributed by atoms with Crippen molar-refractivity contribution in [2.45, 2.75) is 25.5 Å². The summed E-state index contributed by atoms with van der Waals surface area (Å²) in [6.45, 7) is 8.41. The first-order chi connectivity index (χ1) is 15.0. The Balaban J connectivity index is 1.54. The molecule has 0 aliphatic rings. The van der Waals surface area contributed by atoms with Crippen molar-refractivity contribution in [3.05, 3.63) is 60.3 Å². The first-order valence-electron chi connectivity index (χ1n) is 9.65. The number of amides is 1. The molecular formula is C22H22N6OS2. The Hall–Kier alpha value is -3.17. The predicted octanol–water partition coefficient (Wildman–Crippen LogP) is 4.67. The molecule has 0 saturated heterocycles.